The second-order valence-corrected chi connectivity index (χ2v) is 3.66. The summed E-state index contributed by atoms with van der Waals surface area (Å²) in [4.78, 5) is 16.2. The van der Waals surface area contributed by atoms with Crippen LogP contribution in [0.25, 0.3) is 22.1 Å². The van der Waals surface area contributed by atoms with E-state index in [1.807, 2.05) is 26.0 Å². The molecule has 4 heteroatoms. The number of imidazole rings is 1. The van der Waals surface area contributed by atoms with Crippen molar-refractivity contribution in [2.45, 2.75) is 13.8 Å². The number of aromatic nitrogens is 4. The van der Waals surface area contributed by atoms with Gasteiger partial charge in [-0.05, 0) is 26.0 Å². The highest BCUT2D eigenvalue weighted by Gasteiger charge is 2.04. The molecule has 0 amide bonds. The molecule has 0 aliphatic heterocycles. The molecule has 2 heterocycles. The molecule has 2 aromatic heterocycles. The number of nitrogens with zero attached hydrogens (tertiary/aromatic N) is 3. The number of aromatic amines is 1. The summed E-state index contributed by atoms with van der Waals surface area (Å²) in [5, 5.41) is 0. The average molecular weight is 198 g/mol. The van der Waals surface area contributed by atoms with E-state index < -0.39 is 0 Å². The van der Waals surface area contributed by atoms with E-state index in [1.165, 1.54) is 0 Å². The zero-order chi connectivity index (χ0) is 10.4. The standard InChI is InChI=1S/C11H10N4/c1-6-7(2)15-11-4-9-8(12-5-13-9)3-10(11)14-6/h3-5H,1-2H3,(H,12,13). The van der Waals surface area contributed by atoms with Gasteiger partial charge in [0.05, 0.1) is 39.8 Å². The van der Waals surface area contributed by atoms with Crippen molar-refractivity contribution in [3.8, 4) is 0 Å². The molecule has 15 heavy (non-hydrogen) atoms. The van der Waals surface area contributed by atoms with Crippen LogP contribution in [0.1, 0.15) is 11.4 Å². The molecule has 4 nitrogen and oxygen atoms in total. The van der Waals surface area contributed by atoms with Crippen molar-refractivity contribution in [2.75, 3.05) is 0 Å². The first-order valence-corrected chi connectivity index (χ1v) is 4.82. The summed E-state index contributed by atoms with van der Waals surface area (Å²) in [5.74, 6) is 0. The Morgan fingerprint density at radius 2 is 1.60 bits per heavy atom. The summed E-state index contributed by atoms with van der Waals surface area (Å²) in [7, 11) is 0. The smallest absolute Gasteiger partial charge is 0.0931 e. The highest BCUT2D eigenvalue weighted by atomic mass is 14.9. The molecule has 0 saturated heterocycles. The van der Waals surface area contributed by atoms with Crippen LogP contribution >= 0.6 is 0 Å². The molecule has 0 saturated carbocycles. The van der Waals surface area contributed by atoms with E-state index in [4.69, 9.17) is 0 Å². The van der Waals surface area contributed by atoms with Gasteiger partial charge in [0.15, 0.2) is 0 Å². The van der Waals surface area contributed by atoms with Gasteiger partial charge in [0, 0.05) is 0 Å². The molecule has 3 rings (SSSR count). The van der Waals surface area contributed by atoms with Gasteiger partial charge in [-0.1, -0.05) is 0 Å². The molecule has 1 aromatic carbocycles. The molecule has 0 atom stereocenters. The number of benzene rings is 1. The van der Waals surface area contributed by atoms with Gasteiger partial charge in [-0.3, -0.25) is 0 Å². The lowest BCUT2D eigenvalue weighted by Crippen LogP contribution is -1.93. The normalized spacial score (nSPS) is 11.3. The summed E-state index contributed by atoms with van der Waals surface area (Å²) in [6.45, 7) is 3.94. The largest absolute Gasteiger partial charge is 0.345 e. The Morgan fingerprint density at radius 3 is 2.33 bits per heavy atom. The van der Waals surface area contributed by atoms with Crippen molar-refractivity contribution in [3.63, 3.8) is 0 Å². The van der Waals surface area contributed by atoms with E-state index in [0.717, 1.165) is 33.5 Å². The number of fused-ring (bicyclic) bond motifs is 2. The van der Waals surface area contributed by atoms with Crippen molar-refractivity contribution >= 4 is 22.1 Å². The number of nitrogens with one attached hydrogen (secondary N) is 1. The molecule has 74 valence electrons. The van der Waals surface area contributed by atoms with Crippen molar-refractivity contribution in [1.82, 2.24) is 19.9 Å². The molecular formula is C11H10N4. The number of hydrogen-bond acceptors (Lipinski definition) is 3. The van der Waals surface area contributed by atoms with Crippen LogP contribution in [-0.2, 0) is 0 Å². The highest BCUT2D eigenvalue weighted by Crippen LogP contribution is 2.18. The van der Waals surface area contributed by atoms with Gasteiger partial charge in [-0.25, -0.2) is 15.0 Å². The van der Waals surface area contributed by atoms with Crippen molar-refractivity contribution in [3.05, 3.63) is 29.8 Å². The summed E-state index contributed by atoms with van der Waals surface area (Å²) in [5.41, 5.74) is 5.69. The van der Waals surface area contributed by atoms with Crippen molar-refractivity contribution < 1.29 is 0 Å². The van der Waals surface area contributed by atoms with E-state index in [9.17, 15) is 0 Å². The van der Waals surface area contributed by atoms with Gasteiger partial charge < -0.3 is 4.98 Å². The Balaban J connectivity index is 2.49. The minimum absolute atomic E-state index is 0.901. The maximum absolute atomic E-state index is 4.49. The average Bonchev–Trinajstić information content (AvgIpc) is 2.63. The van der Waals surface area contributed by atoms with E-state index in [-0.39, 0.29) is 0 Å². The summed E-state index contributed by atoms with van der Waals surface area (Å²) < 4.78 is 0. The summed E-state index contributed by atoms with van der Waals surface area (Å²) in [6, 6.07) is 3.94. The van der Waals surface area contributed by atoms with Gasteiger partial charge in [0.2, 0.25) is 0 Å². The number of hydrogen-bond donors (Lipinski definition) is 1. The maximum atomic E-state index is 4.49. The number of H-pyrrole nitrogens is 1. The third-order valence-electron chi connectivity index (χ3n) is 2.62. The van der Waals surface area contributed by atoms with Gasteiger partial charge in [0.25, 0.3) is 0 Å². The van der Waals surface area contributed by atoms with Crippen LogP contribution in [0, 0.1) is 13.8 Å². The lowest BCUT2D eigenvalue weighted by atomic mass is 10.2. The summed E-state index contributed by atoms with van der Waals surface area (Å²) >= 11 is 0. The van der Waals surface area contributed by atoms with Gasteiger partial charge in [-0.15, -0.1) is 0 Å². The van der Waals surface area contributed by atoms with Crippen LogP contribution in [-0.4, -0.2) is 19.9 Å². The lowest BCUT2D eigenvalue weighted by Gasteiger charge is -2.01. The zero-order valence-corrected chi connectivity index (χ0v) is 8.57. The summed E-state index contributed by atoms with van der Waals surface area (Å²) in [6.07, 6.45) is 1.68. The SMILES string of the molecule is Cc1nc2cc3nc[nH]c3cc2nc1C. The minimum Gasteiger partial charge on any atom is -0.345 e. The van der Waals surface area contributed by atoms with Gasteiger partial charge in [0.1, 0.15) is 0 Å². The van der Waals surface area contributed by atoms with Gasteiger partial charge >= 0.3 is 0 Å². The Morgan fingerprint density at radius 1 is 0.933 bits per heavy atom. The van der Waals surface area contributed by atoms with Crippen LogP contribution in [0.2, 0.25) is 0 Å². The number of rotatable bonds is 0. The molecule has 3 aromatic rings. The first kappa shape index (κ1) is 8.35. The Kier molecular flexibility index (Phi) is 1.54. The highest BCUT2D eigenvalue weighted by molar-refractivity contribution is 5.90. The van der Waals surface area contributed by atoms with Crippen LogP contribution < -0.4 is 0 Å². The van der Waals surface area contributed by atoms with E-state index in [0.29, 0.717) is 0 Å². The number of aryl methyl sites for hydroxylation is 2. The van der Waals surface area contributed by atoms with Gasteiger partial charge in [-0.2, -0.15) is 0 Å². The predicted molar refractivity (Wildman–Crippen MR) is 58.7 cm³/mol. The molecule has 0 radical (unpaired) electrons. The van der Waals surface area contributed by atoms with Crippen LogP contribution in [0.4, 0.5) is 0 Å². The first-order chi connectivity index (χ1) is 7.24. The van der Waals surface area contributed by atoms with Crippen molar-refractivity contribution in [1.29, 1.82) is 0 Å². The second-order valence-electron chi connectivity index (χ2n) is 3.66. The monoisotopic (exact) mass is 198 g/mol. The Bertz CT molecular complexity index is 599. The molecule has 0 aliphatic rings. The topological polar surface area (TPSA) is 54.5 Å². The van der Waals surface area contributed by atoms with E-state index in [1.54, 1.807) is 6.33 Å². The predicted octanol–water partition coefficient (Wildman–Crippen LogP) is 2.12. The fourth-order valence-corrected chi connectivity index (χ4v) is 1.66. The third-order valence-corrected chi connectivity index (χ3v) is 2.62. The van der Waals surface area contributed by atoms with E-state index >= 15 is 0 Å². The Labute approximate surface area is 86.4 Å². The first-order valence-electron chi connectivity index (χ1n) is 4.82. The molecular weight excluding hydrogens is 188 g/mol. The van der Waals surface area contributed by atoms with Crippen molar-refractivity contribution in [2.24, 2.45) is 0 Å². The molecule has 1 N–H and O–H groups in total. The molecule has 0 bridgehead atoms. The fraction of sp³-hybridized carbons (Fsp3) is 0.182. The Hall–Kier alpha value is -1.97. The molecule has 0 unspecified atom stereocenters. The van der Waals surface area contributed by atoms with Crippen LogP contribution in [0.15, 0.2) is 18.5 Å². The zero-order valence-electron chi connectivity index (χ0n) is 8.57. The molecule has 0 spiro atoms. The lowest BCUT2D eigenvalue weighted by molar-refractivity contribution is 1.10. The molecule has 0 aliphatic carbocycles. The van der Waals surface area contributed by atoms with Crippen LogP contribution in [0.5, 0.6) is 0 Å². The maximum Gasteiger partial charge on any atom is 0.0931 e. The second kappa shape index (κ2) is 2.76. The third kappa shape index (κ3) is 1.18. The fourth-order valence-electron chi connectivity index (χ4n) is 1.66. The van der Waals surface area contributed by atoms with E-state index in [2.05, 4.69) is 19.9 Å². The quantitative estimate of drug-likeness (QED) is 0.602. The van der Waals surface area contributed by atoms with Crippen LogP contribution in [0.3, 0.4) is 0 Å². The minimum atomic E-state index is 0.901. The molecule has 0 fully saturated rings.